The van der Waals surface area contributed by atoms with E-state index in [1.54, 1.807) is 0 Å². The zero-order chi connectivity index (χ0) is 15.2. The summed E-state index contributed by atoms with van der Waals surface area (Å²) in [5, 5.41) is -0.0701. The summed E-state index contributed by atoms with van der Waals surface area (Å²) in [7, 11) is -3.68. The molecule has 2 aliphatic carbocycles. The molecule has 0 heterocycles. The standard InChI is InChI=1S/C15H20ClNO3S/c1-3-17(4-2)21(18,19)20-13-9-12-10-7-5-6-8-11(10)14(13)15(12)16/h5-8,12-15H,3-4,9H2,1-2H3/t12-,13-,14+,15-/m0/s1. The number of rotatable bonds is 5. The number of alkyl halides is 1. The normalized spacial score (nSPS) is 30.9. The molecule has 0 aliphatic heterocycles. The maximum Gasteiger partial charge on any atom is 0.338 e. The first kappa shape index (κ1) is 15.3. The Morgan fingerprint density at radius 1 is 1.24 bits per heavy atom. The van der Waals surface area contributed by atoms with Gasteiger partial charge in [0.25, 0.3) is 0 Å². The van der Waals surface area contributed by atoms with Gasteiger partial charge >= 0.3 is 10.3 Å². The van der Waals surface area contributed by atoms with E-state index in [1.807, 2.05) is 32.0 Å². The smallest absolute Gasteiger partial charge is 0.254 e. The predicted octanol–water partition coefficient (Wildman–Crippen LogP) is 2.85. The number of benzene rings is 1. The lowest BCUT2D eigenvalue weighted by Gasteiger charge is -2.26. The first-order valence-corrected chi connectivity index (χ1v) is 9.21. The average Bonchev–Trinajstić information content (AvgIpc) is 2.90. The second kappa shape index (κ2) is 5.54. The van der Waals surface area contributed by atoms with Gasteiger partial charge in [0.2, 0.25) is 0 Å². The molecule has 0 amide bonds. The second-order valence-corrected chi connectivity index (χ2v) is 7.69. The zero-order valence-corrected chi connectivity index (χ0v) is 13.8. The molecule has 6 heteroatoms. The summed E-state index contributed by atoms with van der Waals surface area (Å²) in [5.41, 5.74) is 2.40. The Balaban J connectivity index is 1.85. The van der Waals surface area contributed by atoms with Crippen LogP contribution in [0.3, 0.4) is 0 Å². The molecule has 0 unspecified atom stereocenters. The van der Waals surface area contributed by atoms with Gasteiger partial charge in [-0.1, -0.05) is 38.1 Å². The topological polar surface area (TPSA) is 46.6 Å². The predicted molar refractivity (Wildman–Crippen MR) is 82.9 cm³/mol. The van der Waals surface area contributed by atoms with Gasteiger partial charge in [0.1, 0.15) is 0 Å². The van der Waals surface area contributed by atoms with E-state index in [-0.39, 0.29) is 23.3 Å². The fourth-order valence-electron chi connectivity index (χ4n) is 3.66. The Labute approximate surface area is 131 Å². The van der Waals surface area contributed by atoms with E-state index in [0.717, 1.165) is 5.56 Å². The van der Waals surface area contributed by atoms with E-state index in [2.05, 4.69) is 6.07 Å². The Morgan fingerprint density at radius 3 is 2.48 bits per heavy atom. The highest BCUT2D eigenvalue weighted by molar-refractivity contribution is 7.84. The molecular formula is C15H20ClNO3S. The van der Waals surface area contributed by atoms with Crippen molar-refractivity contribution in [3.05, 3.63) is 35.4 Å². The first-order valence-electron chi connectivity index (χ1n) is 7.40. The van der Waals surface area contributed by atoms with Crippen molar-refractivity contribution < 1.29 is 12.6 Å². The van der Waals surface area contributed by atoms with Gasteiger partial charge < -0.3 is 0 Å². The van der Waals surface area contributed by atoms with E-state index in [4.69, 9.17) is 15.8 Å². The number of hydrogen-bond donors (Lipinski definition) is 0. The first-order chi connectivity index (χ1) is 9.99. The van der Waals surface area contributed by atoms with Gasteiger partial charge in [0, 0.05) is 30.3 Å². The Morgan fingerprint density at radius 2 is 1.86 bits per heavy atom. The molecule has 0 aromatic heterocycles. The van der Waals surface area contributed by atoms with E-state index in [0.29, 0.717) is 19.5 Å². The summed E-state index contributed by atoms with van der Waals surface area (Å²) in [6, 6.07) is 8.10. The molecule has 0 spiro atoms. The molecule has 1 fully saturated rings. The van der Waals surface area contributed by atoms with Gasteiger partial charge in [-0.3, -0.25) is 4.18 Å². The van der Waals surface area contributed by atoms with Crippen LogP contribution in [0.15, 0.2) is 24.3 Å². The van der Waals surface area contributed by atoms with Gasteiger partial charge in [-0.05, 0) is 17.5 Å². The number of halogens is 1. The summed E-state index contributed by atoms with van der Waals surface area (Å²) < 4.78 is 31.5. The molecule has 116 valence electrons. The quantitative estimate of drug-likeness (QED) is 0.780. The third kappa shape index (κ3) is 2.40. The van der Waals surface area contributed by atoms with E-state index >= 15 is 0 Å². The van der Waals surface area contributed by atoms with Crippen molar-refractivity contribution in [1.82, 2.24) is 4.31 Å². The lowest BCUT2D eigenvalue weighted by atomic mass is 9.90. The maximum absolute atomic E-state index is 12.3. The molecule has 1 aromatic rings. The summed E-state index contributed by atoms with van der Waals surface area (Å²) >= 11 is 6.52. The van der Waals surface area contributed by atoms with Crippen LogP contribution in [0.2, 0.25) is 0 Å². The van der Waals surface area contributed by atoms with Crippen LogP contribution in [0, 0.1) is 0 Å². The molecule has 3 rings (SSSR count). The molecule has 1 aromatic carbocycles. The minimum Gasteiger partial charge on any atom is -0.254 e. The van der Waals surface area contributed by atoms with Crippen LogP contribution in [0.5, 0.6) is 0 Å². The van der Waals surface area contributed by atoms with Gasteiger partial charge in [0.15, 0.2) is 0 Å². The summed E-state index contributed by atoms with van der Waals surface area (Å²) in [5.74, 6) is 0.169. The van der Waals surface area contributed by atoms with E-state index in [1.165, 1.54) is 9.87 Å². The van der Waals surface area contributed by atoms with Crippen molar-refractivity contribution in [2.75, 3.05) is 13.1 Å². The number of nitrogens with zero attached hydrogens (tertiary/aromatic N) is 1. The van der Waals surface area contributed by atoms with Crippen LogP contribution in [0.1, 0.15) is 43.2 Å². The fourth-order valence-corrected chi connectivity index (χ4v) is 5.46. The highest BCUT2D eigenvalue weighted by Crippen LogP contribution is 2.56. The molecule has 0 radical (unpaired) electrons. The van der Waals surface area contributed by atoms with E-state index in [9.17, 15) is 8.42 Å². The molecule has 4 atom stereocenters. The molecular weight excluding hydrogens is 310 g/mol. The van der Waals surface area contributed by atoms with Gasteiger partial charge in [-0.15, -0.1) is 11.6 Å². The van der Waals surface area contributed by atoms with Gasteiger partial charge in [-0.25, -0.2) is 0 Å². The van der Waals surface area contributed by atoms with Crippen molar-refractivity contribution >= 4 is 21.9 Å². The minimum absolute atomic E-state index is 0.0294. The van der Waals surface area contributed by atoms with Crippen molar-refractivity contribution in [3.8, 4) is 0 Å². The van der Waals surface area contributed by atoms with Gasteiger partial charge in [0.05, 0.1) is 6.10 Å². The molecule has 21 heavy (non-hydrogen) atoms. The molecule has 4 nitrogen and oxygen atoms in total. The SMILES string of the molecule is CCN(CC)S(=O)(=O)O[C@H]1C[C@H]2c3ccccc3[C@H]1[C@H]2Cl. The monoisotopic (exact) mass is 329 g/mol. The zero-order valence-electron chi connectivity index (χ0n) is 12.2. The van der Waals surface area contributed by atoms with Gasteiger partial charge in [-0.2, -0.15) is 12.7 Å². The highest BCUT2D eigenvalue weighted by Gasteiger charge is 2.52. The van der Waals surface area contributed by atoms with Crippen LogP contribution >= 0.6 is 11.6 Å². The minimum atomic E-state index is -3.68. The van der Waals surface area contributed by atoms with Crippen LogP contribution in [-0.2, 0) is 14.5 Å². The average molecular weight is 330 g/mol. The fraction of sp³-hybridized carbons (Fsp3) is 0.600. The Kier molecular flexibility index (Phi) is 4.03. The molecule has 2 aliphatic rings. The van der Waals surface area contributed by atoms with Crippen molar-refractivity contribution in [2.45, 2.75) is 43.6 Å². The largest absolute Gasteiger partial charge is 0.338 e. The third-order valence-electron chi connectivity index (χ3n) is 4.64. The summed E-state index contributed by atoms with van der Waals surface area (Å²) in [6.07, 6.45) is 0.328. The van der Waals surface area contributed by atoms with E-state index < -0.39 is 10.3 Å². The van der Waals surface area contributed by atoms with Crippen LogP contribution in [0.4, 0.5) is 0 Å². The number of hydrogen-bond acceptors (Lipinski definition) is 3. The molecule has 0 saturated heterocycles. The summed E-state index contributed by atoms with van der Waals surface area (Å²) in [6.45, 7) is 4.46. The maximum atomic E-state index is 12.3. The summed E-state index contributed by atoms with van der Waals surface area (Å²) in [4.78, 5) is 0. The van der Waals surface area contributed by atoms with Crippen molar-refractivity contribution in [3.63, 3.8) is 0 Å². The third-order valence-corrected chi connectivity index (χ3v) is 6.85. The lowest BCUT2D eigenvalue weighted by Crippen LogP contribution is -2.36. The molecule has 0 N–H and O–H groups in total. The molecule has 2 bridgehead atoms. The van der Waals surface area contributed by atoms with Crippen molar-refractivity contribution in [2.24, 2.45) is 0 Å². The Bertz CT molecular complexity index is 630. The highest BCUT2D eigenvalue weighted by atomic mass is 35.5. The van der Waals surface area contributed by atoms with Crippen LogP contribution < -0.4 is 0 Å². The molecule has 1 saturated carbocycles. The van der Waals surface area contributed by atoms with Crippen molar-refractivity contribution in [1.29, 1.82) is 0 Å². The van der Waals surface area contributed by atoms with Crippen LogP contribution in [0.25, 0.3) is 0 Å². The number of fused-ring (bicyclic) bond motifs is 5. The Hall–Kier alpha value is -0.620. The van der Waals surface area contributed by atoms with Crippen LogP contribution in [-0.4, -0.2) is 37.3 Å². The second-order valence-electron chi connectivity index (χ2n) is 5.62. The lowest BCUT2D eigenvalue weighted by molar-refractivity contribution is 0.172.